The normalized spacial score (nSPS) is 9.55. The van der Waals surface area contributed by atoms with Crippen LogP contribution >= 0.6 is 0 Å². The van der Waals surface area contributed by atoms with Gasteiger partial charge in [0.2, 0.25) is 0 Å². The summed E-state index contributed by atoms with van der Waals surface area (Å²) in [6, 6.07) is 3.52. The minimum Gasteiger partial charge on any atom is -0.399 e. The van der Waals surface area contributed by atoms with E-state index in [1.165, 1.54) is 0 Å². The first kappa shape index (κ1) is 7.81. The molecule has 1 heterocycles. The Balaban J connectivity index is 2.56. The van der Waals surface area contributed by atoms with E-state index in [1.807, 2.05) is 0 Å². The Bertz CT molecular complexity index is 223. The molecule has 0 atom stereocenters. The summed E-state index contributed by atoms with van der Waals surface area (Å²) in [5.74, 6) is 0.774. The Morgan fingerprint density at radius 2 is 2.36 bits per heavy atom. The number of nitrogens with zero attached hydrogens (tertiary/aromatic N) is 1. The standard InChI is InChI=1S/C7H12N4/c8-2-4-11-7-5-6(9)1-3-10-7/h1,3,5H,2,4,8H2,(H3,9,10,11). The quantitative estimate of drug-likeness (QED) is 0.571. The fourth-order valence-corrected chi connectivity index (χ4v) is 0.744. The number of pyridine rings is 1. The number of nitrogens with two attached hydrogens (primary N) is 2. The summed E-state index contributed by atoms with van der Waals surface area (Å²) in [5, 5.41) is 3.02. The molecule has 0 spiro atoms. The highest BCUT2D eigenvalue weighted by Crippen LogP contribution is 2.06. The lowest BCUT2D eigenvalue weighted by molar-refractivity contribution is 1.01. The first-order valence-corrected chi connectivity index (χ1v) is 3.48. The summed E-state index contributed by atoms with van der Waals surface area (Å²) in [5.41, 5.74) is 11.5. The topological polar surface area (TPSA) is 77.0 Å². The second-order valence-corrected chi connectivity index (χ2v) is 2.19. The van der Waals surface area contributed by atoms with Crippen LogP contribution in [-0.4, -0.2) is 18.1 Å². The van der Waals surface area contributed by atoms with E-state index in [2.05, 4.69) is 10.3 Å². The average molecular weight is 152 g/mol. The third-order valence-electron chi connectivity index (χ3n) is 1.23. The molecule has 0 fully saturated rings. The molecule has 60 valence electrons. The molecule has 1 aromatic heterocycles. The van der Waals surface area contributed by atoms with E-state index in [0.29, 0.717) is 12.2 Å². The van der Waals surface area contributed by atoms with Gasteiger partial charge in [-0.3, -0.25) is 0 Å². The number of anilines is 2. The maximum Gasteiger partial charge on any atom is 0.127 e. The van der Waals surface area contributed by atoms with Gasteiger partial charge in [0.05, 0.1) is 0 Å². The van der Waals surface area contributed by atoms with Gasteiger partial charge in [-0.2, -0.15) is 0 Å². The lowest BCUT2D eigenvalue weighted by Gasteiger charge is -2.02. The van der Waals surface area contributed by atoms with Crippen LogP contribution in [0, 0.1) is 0 Å². The lowest BCUT2D eigenvalue weighted by atomic mass is 10.4. The van der Waals surface area contributed by atoms with Crippen molar-refractivity contribution < 1.29 is 0 Å². The minimum atomic E-state index is 0.594. The molecule has 0 saturated heterocycles. The van der Waals surface area contributed by atoms with Crippen molar-refractivity contribution in [2.75, 3.05) is 24.1 Å². The van der Waals surface area contributed by atoms with Gasteiger partial charge >= 0.3 is 0 Å². The fourth-order valence-electron chi connectivity index (χ4n) is 0.744. The molecule has 0 amide bonds. The monoisotopic (exact) mass is 152 g/mol. The van der Waals surface area contributed by atoms with Gasteiger partial charge < -0.3 is 16.8 Å². The Morgan fingerprint density at radius 1 is 1.55 bits per heavy atom. The van der Waals surface area contributed by atoms with Crippen molar-refractivity contribution in [1.29, 1.82) is 0 Å². The van der Waals surface area contributed by atoms with Gasteiger partial charge in [-0.15, -0.1) is 0 Å². The first-order valence-electron chi connectivity index (χ1n) is 3.48. The van der Waals surface area contributed by atoms with Crippen molar-refractivity contribution in [2.24, 2.45) is 5.73 Å². The summed E-state index contributed by atoms with van der Waals surface area (Å²) in [6.07, 6.45) is 1.66. The third kappa shape index (κ3) is 2.43. The fraction of sp³-hybridized carbons (Fsp3) is 0.286. The van der Waals surface area contributed by atoms with Crippen molar-refractivity contribution in [3.8, 4) is 0 Å². The number of hydrogen-bond acceptors (Lipinski definition) is 4. The summed E-state index contributed by atoms with van der Waals surface area (Å²) >= 11 is 0. The van der Waals surface area contributed by atoms with Crippen LogP contribution in [0.2, 0.25) is 0 Å². The highest BCUT2D eigenvalue weighted by atomic mass is 15.0. The predicted molar refractivity (Wildman–Crippen MR) is 46.2 cm³/mol. The van der Waals surface area contributed by atoms with Crippen molar-refractivity contribution >= 4 is 11.5 Å². The van der Waals surface area contributed by atoms with Gasteiger partial charge in [0, 0.05) is 31.0 Å². The van der Waals surface area contributed by atoms with Crippen LogP contribution in [-0.2, 0) is 0 Å². The molecule has 0 aliphatic carbocycles. The summed E-state index contributed by atoms with van der Waals surface area (Å²) in [6.45, 7) is 1.31. The molecule has 4 nitrogen and oxygen atoms in total. The number of nitrogen functional groups attached to an aromatic ring is 1. The molecule has 1 rings (SSSR count). The van der Waals surface area contributed by atoms with E-state index in [9.17, 15) is 0 Å². The van der Waals surface area contributed by atoms with Gasteiger partial charge in [0.1, 0.15) is 5.82 Å². The van der Waals surface area contributed by atoms with Gasteiger partial charge in [-0.05, 0) is 6.07 Å². The molecule has 0 saturated carbocycles. The van der Waals surface area contributed by atoms with Crippen molar-refractivity contribution in [2.45, 2.75) is 0 Å². The van der Waals surface area contributed by atoms with Crippen LogP contribution in [0.5, 0.6) is 0 Å². The Morgan fingerprint density at radius 3 is 3.00 bits per heavy atom. The van der Waals surface area contributed by atoms with Crippen LogP contribution in [0.25, 0.3) is 0 Å². The number of rotatable bonds is 3. The van der Waals surface area contributed by atoms with Gasteiger partial charge in [-0.25, -0.2) is 4.98 Å². The Kier molecular flexibility index (Phi) is 2.68. The Labute approximate surface area is 65.6 Å². The molecule has 4 heteroatoms. The molecule has 0 bridgehead atoms. The molecule has 0 aromatic carbocycles. The molecular formula is C7H12N4. The zero-order valence-corrected chi connectivity index (χ0v) is 6.25. The number of nitrogens with one attached hydrogen (secondary N) is 1. The summed E-state index contributed by atoms with van der Waals surface area (Å²) < 4.78 is 0. The molecule has 1 aromatic rings. The van der Waals surface area contributed by atoms with Crippen LogP contribution in [0.15, 0.2) is 18.3 Å². The van der Waals surface area contributed by atoms with E-state index in [4.69, 9.17) is 11.5 Å². The second kappa shape index (κ2) is 3.78. The average Bonchev–Trinajstić information content (AvgIpc) is 2.01. The van der Waals surface area contributed by atoms with E-state index in [0.717, 1.165) is 12.4 Å². The predicted octanol–water partition coefficient (Wildman–Crippen LogP) is 0.0344. The molecule has 0 radical (unpaired) electrons. The lowest BCUT2D eigenvalue weighted by Crippen LogP contribution is -2.13. The van der Waals surface area contributed by atoms with Crippen LogP contribution in [0.1, 0.15) is 0 Å². The molecule has 0 aliphatic heterocycles. The maximum absolute atomic E-state index is 5.52. The van der Waals surface area contributed by atoms with Gasteiger partial charge in [0.25, 0.3) is 0 Å². The van der Waals surface area contributed by atoms with Crippen LogP contribution in [0.4, 0.5) is 11.5 Å². The van der Waals surface area contributed by atoms with E-state index < -0.39 is 0 Å². The Hall–Kier alpha value is -1.29. The summed E-state index contributed by atoms with van der Waals surface area (Å²) in [4.78, 5) is 4.03. The molecule has 0 unspecified atom stereocenters. The maximum atomic E-state index is 5.52. The zero-order chi connectivity index (χ0) is 8.10. The first-order chi connectivity index (χ1) is 5.33. The smallest absolute Gasteiger partial charge is 0.127 e. The van der Waals surface area contributed by atoms with Crippen LogP contribution in [0.3, 0.4) is 0 Å². The van der Waals surface area contributed by atoms with E-state index in [1.54, 1.807) is 18.3 Å². The number of aromatic nitrogens is 1. The third-order valence-corrected chi connectivity index (χ3v) is 1.23. The van der Waals surface area contributed by atoms with Crippen molar-refractivity contribution in [1.82, 2.24) is 4.98 Å². The van der Waals surface area contributed by atoms with E-state index in [-0.39, 0.29) is 0 Å². The molecule has 5 N–H and O–H groups in total. The van der Waals surface area contributed by atoms with Gasteiger partial charge in [0.15, 0.2) is 0 Å². The number of hydrogen-bond donors (Lipinski definition) is 3. The summed E-state index contributed by atoms with van der Waals surface area (Å²) in [7, 11) is 0. The van der Waals surface area contributed by atoms with Crippen molar-refractivity contribution in [3.63, 3.8) is 0 Å². The molecule has 0 aliphatic rings. The second-order valence-electron chi connectivity index (χ2n) is 2.19. The zero-order valence-electron chi connectivity index (χ0n) is 6.25. The van der Waals surface area contributed by atoms with E-state index >= 15 is 0 Å². The SMILES string of the molecule is NCCNc1cc(N)ccn1. The van der Waals surface area contributed by atoms with Gasteiger partial charge in [-0.1, -0.05) is 0 Å². The van der Waals surface area contributed by atoms with Crippen molar-refractivity contribution in [3.05, 3.63) is 18.3 Å². The minimum absolute atomic E-state index is 0.594. The molecular weight excluding hydrogens is 140 g/mol. The molecule has 11 heavy (non-hydrogen) atoms. The largest absolute Gasteiger partial charge is 0.399 e. The highest BCUT2D eigenvalue weighted by Gasteiger charge is 1.90. The highest BCUT2D eigenvalue weighted by molar-refractivity contribution is 5.48. The van der Waals surface area contributed by atoms with Crippen LogP contribution < -0.4 is 16.8 Å².